The Hall–Kier alpha value is 2.02. The van der Waals surface area contributed by atoms with E-state index >= 15 is 0 Å². The van der Waals surface area contributed by atoms with Crippen molar-refractivity contribution in [2.75, 3.05) is 14.1 Å². The SMILES string of the molecule is C[SiH2]N(C)[Si](Cl)(Cl)N(C)[Si](Cl)(Cl)Cl. The number of hydrogen-bond acceptors (Lipinski definition) is 2. The van der Waals surface area contributed by atoms with E-state index in [2.05, 4.69) is 6.55 Å². The average Bonchev–Trinajstić information content (AvgIpc) is 1.99. The molecule has 0 unspecified atom stereocenters. The molecule has 0 saturated heterocycles. The molecule has 0 N–H and O–H groups in total. The molecule has 0 spiro atoms. The lowest BCUT2D eigenvalue weighted by Crippen LogP contribution is -2.61. The van der Waals surface area contributed by atoms with Gasteiger partial charge < -0.3 is 4.23 Å². The molecule has 2 nitrogen and oxygen atoms in total. The molecule has 0 aromatic rings. The van der Waals surface area contributed by atoms with Crippen LogP contribution in [-0.2, 0) is 0 Å². The van der Waals surface area contributed by atoms with E-state index in [-0.39, 0.29) is 0 Å². The average molecular weight is 337 g/mol. The molecule has 80 valence electrons. The van der Waals surface area contributed by atoms with Crippen molar-refractivity contribution in [3.63, 3.8) is 0 Å². The van der Waals surface area contributed by atoms with Crippen LogP contribution in [0.25, 0.3) is 0 Å². The van der Waals surface area contributed by atoms with Gasteiger partial charge in [0.05, 0.1) is 9.68 Å². The lowest BCUT2D eigenvalue weighted by Gasteiger charge is -2.37. The summed E-state index contributed by atoms with van der Waals surface area (Å²) in [5.74, 6) is 0. The maximum Gasteiger partial charge on any atom is 0.420 e. The van der Waals surface area contributed by atoms with Crippen molar-refractivity contribution in [2.45, 2.75) is 6.55 Å². The Morgan fingerprint density at radius 1 is 1.00 bits per heavy atom. The quantitative estimate of drug-likeness (QED) is 0.573. The highest BCUT2D eigenvalue weighted by Gasteiger charge is 2.49. The topological polar surface area (TPSA) is 6.48 Å². The summed E-state index contributed by atoms with van der Waals surface area (Å²) in [5.41, 5.74) is 0. The van der Waals surface area contributed by atoms with Crippen LogP contribution < -0.4 is 0 Å². The normalized spacial score (nSPS) is 15.2. The van der Waals surface area contributed by atoms with Crippen LogP contribution in [0, 0.1) is 0 Å². The minimum atomic E-state index is -2.95. The van der Waals surface area contributed by atoms with Gasteiger partial charge in [-0.1, -0.05) is 6.55 Å². The third kappa shape index (κ3) is 4.18. The fraction of sp³-hybridized carbons (Fsp3) is 1.00. The highest BCUT2D eigenvalue weighted by atomic mass is 35.8. The van der Waals surface area contributed by atoms with E-state index in [1.54, 1.807) is 11.3 Å². The lowest BCUT2D eigenvalue weighted by molar-refractivity contribution is 0.702. The van der Waals surface area contributed by atoms with Gasteiger partial charge in [-0.25, -0.2) is 0 Å². The molecule has 0 amide bonds. The molecule has 0 aliphatic heterocycles. The maximum atomic E-state index is 6.19. The molecular weight excluding hydrogens is 326 g/mol. The number of nitrogens with zero attached hydrogens (tertiary/aromatic N) is 2. The summed E-state index contributed by atoms with van der Waals surface area (Å²) in [6.45, 7) is 2.08. The van der Waals surface area contributed by atoms with Gasteiger partial charge >= 0.3 is 13.2 Å². The zero-order valence-electron chi connectivity index (χ0n) is 7.49. The minimum absolute atomic E-state index is 0.431. The highest BCUT2D eigenvalue weighted by molar-refractivity contribution is 7.67. The number of hydrogen-bond donors (Lipinski definition) is 0. The Morgan fingerprint density at radius 2 is 1.38 bits per heavy atom. The van der Waals surface area contributed by atoms with Crippen molar-refractivity contribution < 1.29 is 0 Å². The molecule has 0 saturated carbocycles. The molecule has 0 radical (unpaired) electrons. The lowest BCUT2D eigenvalue weighted by atomic mass is 11.6. The molecule has 0 aromatic carbocycles. The van der Waals surface area contributed by atoms with Gasteiger partial charge in [0.2, 0.25) is 0 Å². The second kappa shape index (κ2) is 5.38. The van der Waals surface area contributed by atoms with Crippen LogP contribution >= 0.6 is 55.4 Å². The summed E-state index contributed by atoms with van der Waals surface area (Å²) in [6.07, 6.45) is -2.95. The van der Waals surface area contributed by atoms with Crippen molar-refractivity contribution in [1.82, 2.24) is 8.46 Å². The molecule has 0 aromatic heterocycles. The van der Waals surface area contributed by atoms with E-state index < -0.39 is 22.9 Å². The molecule has 0 bridgehead atoms. The first-order chi connectivity index (χ1) is 5.64. The molecule has 13 heavy (non-hydrogen) atoms. The van der Waals surface area contributed by atoms with Gasteiger partial charge in [-0.05, 0) is 14.1 Å². The van der Waals surface area contributed by atoms with E-state index in [1.165, 1.54) is 0 Å². The molecular formula is C3H11Cl5N2Si3. The molecule has 0 atom stereocenters. The standard InChI is InChI=1S/C3H11Cl5N2Si3/c1-9(11-3)13(7,8)10(2)12(4,5)6/h11H2,1-3H3. The van der Waals surface area contributed by atoms with Gasteiger partial charge in [0, 0.05) is 0 Å². The molecule has 10 heteroatoms. The van der Waals surface area contributed by atoms with E-state index in [0.717, 1.165) is 0 Å². The minimum Gasteiger partial charge on any atom is -0.318 e. The monoisotopic (exact) mass is 334 g/mol. The van der Waals surface area contributed by atoms with Crippen molar-refractivity contribution in [3.05, 3.63) is 0 Å². The van der Waals surface area contributed by atoms with Crippen LogP contribution in [0.3, 0.4) is 0 Å². The molecule has 0 aliphatic carbocycles. The summed E-state index contributed by atoms with van der Waals surface area (Å²) < 4.78 is 3.50. The van der Waals surface area contributed by atoms with Crippen LogP contribution in [-0.4, -0.2) is 45.4 Å². The van der Waals surface area contributed by atoms with Gasteiger partial charge in [0.15, 0.2) is 0 Å². The van der Waals surface area contributed by atoms with E-state index in [4.69, 9.17) is 55.4 Å². The first kappa shape index (κ1) is 15.0. The predicted molar refractivity (Wildman–Crippen MR) is 70.7 cm³/mol. The summed E-state index contributed by atoms with van der Waals surface area (Å²) in [7, 11) is 0.410. The molecule has 0 fully saturated rings. The third-order valence-corrected chi connectivity index (χ3v) is 18.3. The van der Waals surface area contributed by atoms with Crippen LogP contribution in [0.1, 0.15) is 0 Å². The Balaban J connectivity index is 4.63. The van der Waals surface area contributed by atoms with Crippen LogP contribution in [0.5, 0.6) is 0 Å². The second-order valence-electron chi connectivity index (χ2n) is 2.55. The first-order valence-electron chi connectivity index (χ1n) is 3.53. The smallest absolute Gasteiger partial charge is 0.318 e. The van der Waals surface area contributed by atoms with Crippen LogP contribution in [0.15, 0.2) is 0 Å². The van der Waals surface area contributed by atoms with Crippen LogP contribution in [0.4, 0.5) is 0 Å². The van der Waals surface area contributed by atoms with Gasteiger partial charge in [-0.2, -0.15) is 0 Å². The number of halogens is 5. The zero-order valence-corrected chi connectivity index (χ0v) is 14.7. The van der Waals surface area contributed by atoms with Crippen molar-refractivity contribution in [3.8, 4) is 0 Å². The summed E-state index contributed by atoms with van der Waals surface area (Å²) in [6, 6.07) is 0. The Bertz CT molecular complexity index is 173. The zero-order chi connectivity index (χ0) is 10.9. The summed E-state index contributed by atoms with van der Waals surface area (Å²) in [4.78, 5) is 0. The maximum absolute atomic E-state index is 6.19. The molecule has 0 rings (SSSR count). The second-order valence-corrected chi connectivity index (χ2v) is 19.7. The molecule has 0 aliphatic rings. The van der Waals surface area contributed by atoms with Crippen molar-refractivity contribution in [1.29, 1.82) is 0 Å². The van der Waals surface area contributed by atoms with Gasteiger partial charge in [0.1, 0.15) is 0 Å². The molecule has 0 heterocycles. The Morgan fingerprint density at radius 3 is 1.62 bits per heavy atom. The Labute approximate surface area is 107 Å². The van der Waals surface area contributed by atoms with Crippen LogP contribution in [0.2, 0.25) is 6.55 Å². The third-order valence-electron chi connectivity index (χ3n) is 1.72. The largest absolute Gasteiger partial charge is 0.420 e. The van der Waals surface area contributed by atoms with Gasteiger partial charge in [0.25, 0.3) is 0 Å². The van der Waals surface area contributed by atoms with Crippen molar-refractivity contribution in [2.24, 2.45) is 0 Å². The Kier molecular flexibility index (Phi) is 6.22. The highest BCUT2D eigenvalue weighted by Crippen LogP contribution is 2.33. The van der Waals surface area contributed by atoms with E-state index in [0.29, 0.717) is 0 Å². The van der Waals surface area contributed by atoms with Crippen molar-refractivity contribution >= 4 is 78.3 Å². The fourth-order valence-electron chi connectivity index (χ4n) is 0.599. The predicted octanol–water partition coefficient (Wildman–Crippen LogP) is 2.05. The summed E-state index contributed by atoms with van der Waals surface area (Å²) in [5, 5.41) is 0. The fourth-order valence-corrected chi connectivity index (χ4v) is 15.5. The first-order valence-corrected chi connectivity index (χ1v) is 14.5. The van der Waals surface area contributed by atoms with E-state index in [9.17, 15) is 0 Å². The van der Waals surface area contributed by atoms with E-state index in [1.807, 2.05) is 11.3 Å². The van der Waals surface area contributed by atoms with Gasteiger partial charge in [-0.15, -0.1) is 55.4 Å². The number of rotatable bonds is 4. The van der Waals surface area contributed by atoms with Gasteiger partial charge in [-0.3, -0.25) is 4.23 Å². The summed E-state index contributed by atoms with van der Waals surface area (Å²) >= 11 is 29.8.